The molecular weight excluding hydrogens is 318 g/mol. The van der Waals surface area contributed by atoms with Gasteiger partial charge in [-0.25, -0.2) is 9.48 Å². The number of fused-ring (bicyclic) bond motifs is 1. The van der Waals surface area contributed by atoms with Crippen LogP contribution in [0.5, 0.6) is 0 Å². The molecule has 0 radical (unpaired) electrons. The molecule has 3 heterocycles. The molecule has 7 heteroatoms. The molecule has 2 aliphatic rings. The number of amides is 1. The van der Waals surface area contributed by atoms with Crippen LogP contribution in [0.4, 0.5) is 0 Å². The van der Waals surface area contributed by atoms with Gasteiger partial charge in [-0.1, -0.05) is 0 Å². The zero-order valence-electron chi connectivity index (χ0n) is 14.2. The Morgan fingerprint density at radius 2 is 2.00 bits per heavy atom. The first-order chi connectivity index (χ1) is 12.2. The van der Waals surface area contributed by atoms with Crippen LogP contribution in [-0.4, -0.2) is 31.8 Å². The molecule has 0 aromatic carbocycles. The lowest BCUT2D eigenvalue weighted by Crippen LogP contribution is -2.33. The van der Waals surface area contributed by atoms with Crippen LogP contribution in [0, 0.1) is 11.8 Å². The summed E-state index contributed by atoms with van der Waals surface area (Å²) in [6.45, 7) is 1.82. The van der Waals surface area contributed by atoms with Gasteiger partial charge < -0.3 is 5.32 Å². The van der Waals surface area contributed by atoms with E-state index < -0.39 is 0 Å². The van der Waals surface area contributed by atoms with Crippen LogP contribution < -0.4 is 11.0 Å². The Hall–Kier alpha value is -2.44. The number of carbonyl (C=O) groups excluding carboxylic acids is 1. The lowest BCUT2D eigenvalue weighted by atomic mass is 9.99. The average Bonchev–Trinajstić information content (AvgIpc) is 3.43. The predicted octanol–water partition coefficient (Wildman–Crippen LogP) is 0.967. The minimum Gasteiger partial charge on any atom is -0.356 e. The zero-order chi connectivity index (χ0) is 17.2. The van der Waals surface area contributed by atoms with Crippen LogP contribution in [0.3, 0.4) is 0 Å². The predicted molar refractivity (Wildman–Crippen MR) is 92.0 cm³/mol. The molecule has 1 saturated carbocycles. The van der Waals surface area contributed by atoms with Gasteiger partial charge in [0, 0.05) is 37.8 Å². The Balaban J connectivity index is 1.42. The van der Waals surface area contributed by atoms with E-state index in [0.29, 0.717) is 31.8 Å². The molecule has 0 spiro atoms. The summed E-state index contributed by atoms with van der Waals surface area (Å²) in [6, 6.07) is 3.77. The normalized spacial score (nSPS) is 19.9. The Bertz CT molecular complexity index is 807. The Morgan fingerprint density at radius 3 is 2.76 bits per heavy atom. The Morgan fingerprint density at radius 1 is 1.20 bits per heavy atom. The van der Waals surface area contributed by atoms with Crippen LogP contribution in [-0.2, 0) is 24.3 Å². The summed E-state index contributed by atoms with van der Waals surface area (Å²) in [7, 11) is 0. The molecule has 132 valence electrons. The second-order valence-corrected chi connectivity index (χ2v) is 7.08. The highest BCUT2D eigenvalue weighted by Crippen LogP contribution is 2.28. The summed E-state index contributed by atoms with van der Waals surface area (Å²) in [6.07, 6.45) is 8.01. The molecule has 1 fully saturated rings. The van der Waals surface area contributed by atoms with E-state index in [1.165, 1.54) is 17.5 Å². The van der Waals surface area contributed by atoms with Gasteiger partial charge in [0.2, 0.25) is 5.91 Å². The van der Waals surface area contributed by atoms with E-state index in [-0.39, 0.29) is 17.5 Å². The van der Waals surface area contributed by atoms with Gasteiger partial charge in [-0.15, -0.1) is 0 Å². The fourth-order valence-corrected chi connectivity index (χ4v) is 3.37. The first-order valence-electron chi connectivity index (χ1n) is 9.04. The molecule has 2 aromatic rings. The quantitative estimate of drug-likeness (QED) is 0.878. The van der Waals surface area contributed by atoms with Crippen molar-refractivity contribution in [3.8, 4) is 0 Å². The van der Waals surface area contributed by atoms with Crippen molar-refractivity contribution in [3.63, 3.8) is 0 Å². The van der Waals surface area contributed by atoms with Crippen molar-refractivity contribution in [2.75, 3.05) is 6.54 Å². The van der Waals surface area contributed by atoms with E-state index in [0.717, 1.165) is 24.4 Å². The first-order valence-corrected chi connectivity index (χ1v) is 9.04. The van der Waals surface area contributed by atoms with Crippen LogP contribution >= 0.6 is 0 Å². The van der Waals surface area contributed by atoms with E-state index in [2.05, 4.69) is 15.4 Å². The maximum atomic E-state index is 12.6. The van der Waals surface area contributed by atoms with Crippen molar-refractivity contribution in [2.45, 2.75) is 45.2 Å². The molecule has 4 rings (SSSR count). The Kier molecular flexibility index (Phi) is 4.38. The molecule has 7 nitrogen and oxygen atoms in total. The zero-order valence-corrected chi connectivity index (χ0v) is 14.2. The van der Waals surface area contributed by atoms with Gasteiger partial charge in [-0.3, -0.25) is 14.3 Å². The minimum atomic E-state index is -0.0918. The summed E-state index contributed by atoms with van der Waals surface area (Å²) in [5, 5.41) is 7.56. The maximum absolute atomic E-state index is 12.6. The highest BCUT2D eigenvalue weighted by atomic mass is 16.2. The van der Waals surface area contributed by atoms with Crippen LogP contribution in [0.1, 0.15) is 37.1 Å². The highest BCUT2D eigenvalue weighted by molar-refractivity contribution is 5.78. The number of hydrogen-bond donors (Lipinski definition) is 1. The molecule has 1 unspecified atom stereocenters. The van der Waals surface area contributed by atoms with E-state index in [1.54, 1.807) is 17.0 Å². The number of carbonyl (C=O) groups is 1. The van der Waals surface area contributed by atoms with E-state index in [4.69, 9.17) is 0 Å². The van der Waals surface area contributed by atoms with Crippen molar-refractivity contribution in [1.82, 2.24) is 24.6 Å². The molecule has 1 atom stereocenters. The van der Waals surface area contributed by atoms with Crippen LogP contribution in [0.2, 0.25) is 0 Å². The monoisotopic (exact) mass is 341 g/mol. The summed E-state index contributed by atoms with van der Waals surface area (Å²) < 4.78 is 3.24. The van der Waals surface area contributed by atoms with E-state index in [1.807, 2.05) is 12.1 Å². The largest absolute Gasteiger partial charge is 0.356 e. The molecule has 2 aromatic heterocycles. The number of rotatable bonds is 5. The molecule has 25 heavy (non-hydrogen) atoms. The Labute approximate surface area is 146 Å². The van der Waals surface area contributed by atoms with Crippen molar-refractivity contribution >= 4 is 5.91 Å². The second-order valence-electron chi connectivity index (χ2n) is 7.08. The maximum Gasteiger partial charge on any atom is 0.346 e. The SMILES string of the molecule is O=C(NCC1CC1)C1CCc2nn(Cc3ccncc3)c(=O)n2CC1. The van der Waals surface area contributed by atoms with Crippen molar-refractivity contribution < 1.29 is 4.79 Å². The third-order valence-electron chi connectivity index (χ3n) is 5.13. The van der Waals surface area contributed by atoms with Crippen molar-refractivity contribution in [1.29, 1.82) is 0 Å². The fourth-order valence-electron chi connectivity index (χ4n) is 3.37. The number of aromatic nitrogens is 4. The number of nitrogens with zero attached hydrogens (tertiary/aromatic N) is 4. The lowest BCUT2D eigenvalue weighted by Gasteiger charge is -2.13. The lowest BCUT2D eigenvalue weighted by molar-refractivity contribution is -0.125. The third kappa shape index (κ3) is 3.65. The summed E-state index contributed by atoms with van der Waals surface area (Å²) >= 11 is 0. The van der Waals surface area contributed by atoms with Gasteiger partial charge in [0.1, 0.15) is 5.82 Å². The number of pyridine rings is 1. The van der Waals surface area contributed by atoms with Gasteiger partial charge in [0.25, 0.3) is 0 Å². The summed E-state index contributed by atoms with van der Waals surface area (Å²) in [5.74, 6) is 1.59. The summed E-state index contributed by atoms with van der Waals surface area (Å²) in [4.78, 5) is 28.9. The molecule has 1 aliphatic carbocycles. The number of hydrogen-bond acceptors (Lipinski definition) is 4. The number of aryl methyl sites for hydroxylation is 1. The van der Waals surface area contributed by atoms with Crippen LogP contribution in [0.15, 0.2) is 29.3 Å². The van der Waals surface area contributed by atoms with Crippen molar-refractivity contribution in [3.05, 3.63) is 46.4 Å². The van der Waals surface area contributed by atoms with Gasteiger partial charge in [-0.05, 0) is 49.3 Å². The minimum absolute atomic E-state index is 0.0199. The second kappa shape index (κ2) is 6.82. The van der Waals surface area contributed by atoms with Crippen molar-refractivity contribution in [2.24, 2.45) is 11.8 Å². The van der Waals surface area contributed by atoms with Gasteiger partial charge >= 0.3 is 5.69 Å². The molecule has 1 aliphatic heterocycles. The van der Waals surface area contributed by atoms with Crippen LogP contribution in [0.25, 0.3) is 0 Å². The first kappa shape index (κ1) is 16.1. The van der Waals surface area contributed by atoms with Gasteiger partial charge in [0.15, 0.2) is 0 Å². The van der Waals surface area contributed by atoms with E-state index in [9.17, 15) is 9.59 Å². The summed E-state index contributed by atoms with van der Waals surface area (Å²) in [5.41, 5.74) is 0.911. The highest BCUT2D eigenvalue weighted by Gasteiger charge is 2.27. The molecular formula is C18H23N5O2. The van der Waals surface area contributed by atoms with Gasteiger partial charge in [0.05, 0.1) is 6.54 Å². The topological polar surface area (TPSA) is 81.8 Å². The molecule has 0 saturated heterocycles. The number of nitrogens with one attached hydrogen (secondary N) is 1. The standard InChI is InChI=1S/C18H23N5O2/c24-17(20-11-13-1-2-13)15-3-4-16-21-23(18(25)22(16)10-7-15)12-14-5-8-19-9-6-14/h5-6,8-9,13,15H,1-4,7,10-12H2,(H,20,24). The third-order valence-corrected chi connectivity index (χ3v) is 5.13. The molecule has 1 N–H and O–H groups in total. The smallest absolute Gasteiger partial charge is 0.346 e. The average molecular weight is 341 g/mol. The molecule has 0 bridgehead atoms. The molecule has 1 amide bonds. The van der Waals surface area contributed by atoms with E-state index >= 15 is 0 Å². The van der Waals surface area contributed by atoms with Gasteiger partial charge in [-0.2, -0.15) is 5.10 Å². The fraction of sp³-hybridized carbons (Fsp3) is 0.556.